The summed E-state index contributed by atoms with van der Waals surface area (Å²) in [5.41, 5.74) is 5.28. The van der Waals surface area contributed by atoms with Gasteiger partial charge < -0.3 is 5.73 Å². The van der Waals surface area contributed by atoms with Crippen molar-refractivity contribution in [2.45, 2.75) is 13.3 Å². The second-order valence-electron chi connectivity index (χ2n) is 1.84. The lowest BCUT2D eigenvalue weighted by Gasteiger charge is -2.01. The van der Waals surface area contributed by atoms with Gasteiger partial charge >= 0.3 is 0 Å². The van der Waals surface area contributed by atoms with Gasteiger partial charge in [-0.3, -0.25) is 0 Å². The Morgan fingerprint density at radius 3 is 2.43 bits per heavy atom. The highest BCUT2D eigenvalue weighted by Crippen LogP contribution is 2.02. The third kappa shape index (κ3) is 4.29. The van der Waals surface area contributed by atoms with E-state index in [4.69, 9.17) is 5.73 Å². The van der Waals surface area contributed by atoms with E-state index in [9.17, 15) is 0 Å². The fourth-order valence-electron chi connectivity index (χ4n) is 0.362. The lowest BCUT2D eigenvalue weighted by molar-refractivity contribution is 0.609. The first-order valence-corrected chi connectivity index (χ1v) is 3.69. The van der Waals surface area contributed by atoms with Crippen LogP contribution >= 0.6 is 15.9 Å². The fraction of sp³-hybridized carbons (Fsp3) is 1.00. The standard InChI is InChI=1S/C5H12BrN/c1-5(4-6)2-3-7/h5H,2-4,7H2,1H3. The van der Waals surface area contributed by atoms with Crippen molar-refractivity contribution in [2.24, 2.45) is 11.7 Å². The van der Waals surface area contributed by atoms with Crippen molar-refractivity contribution >= 4 is 15.9 Å². The van der Waals surface area contributed by atoms with Gasteiger partial charge in [0, 0.05) is 5.33 Å². The summed E-state index contributed by atoms with van der Waals surface area (Å²) in [6, 6.07) is 0. The highest BCUT2D eigenvalue weighted by atomic mass is 79.9. The van der Waals surface area contributed by atoms with Crippen LogP contribution in [0.5, 0.6) is 0 Å². The molecule has 0 aromatic carbocycles. The van der Waals surface area contributed by atoms with Crippen LogP contribution in [0.1, 0.15) is 13.3 Å². The van der Waals surface area contributed by atoms with Crippen LogP contribution in [0, 0.1) is 5.92 Å². The van der Waals surface area contributed by atoms with E-state index in [2.05, 4.69) is 22.9 Å². The van der Waals surface area contributed by atoms with E-state index in [0.29, 0.717) is 0 Å². The van der Waals surface area contributed by atoms with E-state index in [-0.39, 0.29) is 0 Å². The van der Waals surface area contributed by atoms with Gasteiger partial charge in [0.05, 0.1) is 0 Å². The molecule has 0 aliphatic heterocycles. The van der Waals surface area contributed by atoms with E-state index >= 15 is 0 Å². The van der Waals surface area contributed by atoms with Gasteiger partial charge in [-0.2, -0.15) is 0 Å². The quantitative estimate of drug-likeness (QED) is 0.629. The number of hydrogen-bond acceptors (Lipinski definition) is 1. The number of alkyl halides is 1. The van der Waals surface area contributed by atoms with Crippen molar-refractivity contribution in [3.63, 3.8) is 0 Å². The predicted octanol–water partition coefficient (Wildman–Crippen LogP) is 1.37. The smallest absolute Gasteiger partial charge is 0.00575 e. The maximum absolute atomic E-state index is 5.28. The molecule has 0 saturated heterocycles. The molecule has 0 heterocycles. The Hall–Kier alpha value is 0.440. The molecular formula is C5H12BrN. The number of halogens is 1. The summed E-state index contributed by atoms with van der Waals surface area (Å²) in [7, 11) is 0. The summed E-state index contributed by atoms with van der Waals surface area (Å²) in [5, 5.41) is 1.07. The minimum absolute atomic E-state index is 0.741. The molecule has 0 rings (SSSR count). The molecule has 0 saturated carbocycles. The van der Waals surface area contributed by atoms with E-state index in [1.807, 2.05) is 0 Å². The Morgan fingerprint density at radius 1 is 1.71 bits per heavy atom. The molecular weight excluding hydrogens is 154 g/mol. The highest BCUT2D eigenvalue weighted by Gasteiger charge is 1.94. The minimum Gasteiger partial charge on any atom is -0.330 e. The zero-order valence-corrected chi connectivity index (χ0v) is 6.24. The normalized spacial score (nSPS) is 14.1. The minimum atomic E-state index is 0.741. The summed E-state index contributed by atoms with van der Waals surface area (Å²) in [6.07, 6.45) is 1.13. The monoisotopic (exact) mass is 165 g/mol. The first kappa shape index (κ1) is 7.44. The molecule has 1 atom stereocenters. The van der Waals surface area contributed by atoms with Crippen LogP contribution < -0.4 is 5.73 Å². The molecule has 0 radical (unpaired) electrons. The maximum Gasteiger partial charge on any atom is 0.00575 e. The third-order valence-electron chi connectivity index (χ3n) is 0.923. The number of rotatable bonds is 3. The van der Waals surface area contributed by atoms with Crippen molar-refractivity contribution in [3.05, 3.63) is 0 Å². The fourth-order valence-corrected chi connectivity index (χ4v) is 0.685. The number of nitrogens with two attached hydrogens (primary N) is 1. The molecule has 7 heavy (non-hydrogen) atoms. The topological polar surface area (TPSA) is 26.0 Å². The lowest BCUT2D eigenvalue weighted by Crippen LogP contribution is -2.05. The molecule has 44 valence electrons. The van der Waals surface area contributed by atoms with Crippen molar-refractivity contribution in [1.29, 1.82) is 0 Å². The molecule has 2 N–H and O–H groups in total. The molecule has 0 fully saturated rings. The molecule has 0 aromatic heterocycles. The van der Waals surface area contributed by atoms with Crippen molar-refractivity contribution < 1.29 is 0 Å². The Bertz CT molecular complexity index is 39.1. The van der Waals surface area contributed by atoms with Crippen molar-refractivity contribution in [2.75, 3.05) is 11.9 Å². The number of hydrogen-bond donors (Lipinski definition) is 1. The molecule has 0 bridgehead atoms. The first-order valence-electron chi connectivity index (χ1n) is 2.57. The summed E-state index contributed by atoms with van der Waals surface area (Å²) in [6.45, 7) is 2.99. The SMILES string of the molecule is CC(CBr)CCN. The second-order valence-corrected chi connectivity index (χ2v) is 2.48. The Labute approximate surface area is 53.4 Å². The van der Waals surface area contributed by atoms with Crippen molar-refractivity contribution in [3.8, 4) is 0 Å². The van der Waals surface area contributed by atoms with E-state index in [0.717, 1.165) is 24.2 Å². The van der Waals surface area contributed by atoms with Gasteiger partial charge in [-0.1, -0.05) is 22.9 Å². The van der Waals surface area contributed by atoms with Crippen LogP contribution in [0.3, 0.4) is 0 Å². The van der Waals surface area contributed by atoms with Crippen LogP contribution in [-0.4, -0.2) is 11.9 Å². The Morgan fingerprint density at radius 2 is 2.29 bits per heavy atom. The van der Waals surface area contributed by atoms with Crippen LogP contribution in [0.15, 0.2) is 0 Å². The molecule has 0 aliphatic rings. The molecule has 0 aliphatic carbocycles. The van der Waals surface area contributed by atoms with Gasteiger partial charge in [0.1, 0.15) is 0 Å². The van der Waals surface area contributed by atoms with Gasteiger partial charge in [0.25, 0.3) is 0 Å². The average Bonchev–Trinajstić information content (AvgIpc) is 1.68. The summed E-state index contributed by atoms with van der Waals surface area (Å²) >= 11 is 3.36. The van der Waals surface area contributed by atoms with Crippen LogP contribution in [0.2, 0.25) is 0 Å². The zero-order chi connectivity index (χ0) is 5.70. The van der Waals surface area contributed by atoms with E-state index in [1.165, 1.54) is 0 Å². The van der Waals surface area contributed by atoms with Gasteiger partial charge in [-0.15, -0.1) is 0 Å². The van der Waals surface area contributed by atoms with Crippen LogP contribution in [-0.2, 0) is 0 Å². The molecule has 0 spiro atoms. The first-order chi connectivity index (χ1) is 3.31. The third-order valence-corrected chi connectivity index (χ3v) is 2.03. The van der Waals surface area contributed by atoms with Crippen LogP contribution in [0.25, 0.3) is 0 Å². The van der Waals surface area contributed by atoms with Gasteiger partial charge in [-0.25, -0.2) is 0 Å². The van der Waals surface area contributed by atoms with Gasteiger partial charge in [-0.05, 0) is 18.9 Å². The van der Waals surface area contributed by atoms with Crippen LogP contribution in [0.4, 0.5) is 0 Å². The highest BCUT2D eigenvalue weighted by molar-refractivity contribution is 9.09. The Balaban J connectivity index is 2.83. The molecule has 1 unspecified atom stereocenters. The lowest BCUT2D eigenvalue weighted by atomic mass is 10.1. The summed E-state index contributed by atoms with van der Waals surface area (Å²) < 4.78 is 0. The average molecular weight is 166 g/mol. The van der Waals surface area contributed by atoms with Gasteiger partial charge in [0.2, 0.25) is 0 Å². The summed E-state index contributed by atoms with van der Waals surface area (Å²) in [4.78, 5) is 0. The zero-order valence-electron chi connectivity index (χ0n) is 4.65. The summed E-state index contributed by atoms with van der Waals surface area (Å²) in [5.74, 6) is 0.741. The largest absolute Gasteiger partial charge is 0.330 e. The van der Waals surface area contributed by atoms with Crippen molar-refractivity contribution in [1.82, 2.24) is 0 Å². The Kier molecular flexibility index (Phi) is 4.88. The van der Waals surface area contributed by atoms with E-state index < -0.39 is 0 Å². The maximum atomic E-state index is 5.28. The molecule has 1 nitrogen and oxygen atoms in total. The van der Waals surface area contributed by atoms with E-state index in [1.54, 1.807) is 0 Å². The molecule has 2 heteroatoms. The second kappa shape index (κ2) is 4.60. The predicted molar refractivity (Wildman–Crippen MR) is 36.6 cm³/mol. The molecule has 0 amide bonds. The molecule has 0 aromatic rings. The van der Waals surface area contributed by atoms with Gasteiger partial charge in [0.15, 0.2) is 0 Å².